The van der Waals surface area contributed by atoms with Gasteiger partial charge in [0, 0.05) is 38.4 Å². The Labute approximate surface area is 114 Å². The standard InChI is InChI=1S/C14H25N3O2/c1-13(4-6-19-7-5-13)9-16-12(18)17-8-11-2-3-14(11,15)10-17/h11H,2-10,15H2,1H3,(H,16,18)/t11-,14-/m0/s1. The Kier molecular flexibility index (Phi) is 3.21. The van der Waals surface area contributed by atoms with Crippen molar-refractivity contribution in [1.29, 1.82) is 0 Å². The molecular formula is C14H25N3O2. The summed E-state index contributed by atoms with van der Waals surface area (Å²) < 4.78 is 5.38. The number of nitrogens with two attached hydrogens (primary N) is 1. The maximum absolute atomic E-state index is 12.2. The molecule has 19 heavy (non-hydrogen) atoms. The van der Waals surface area contributed by atoms with Crippen LogP contribution in [0.15, 0.2) is 0 Å². The zero-order valence-electron chi connectivity index (χ0n) is 11.8. The molecule has 2 aliphatic heterocycles. The maximum Gasteiger partial charge on any atom is 0.317 e. The number of hydrogen-bond acceptors (Lipinski definition) is 3. The van der Waals surface area contributed by atoms with Gasteiger partial charge in [-0.25, -0.2) is 4.79 Å². The Morgan fingerprint density at radius 1 is 1.42 bits per heavy atom. The molecule has 2 atom stereocenters. The van der Waals surface area contributed by atoms with E-state index in [0.29, 0.717) is 5.92 Å². The van der Waals surface area contributed by atoms with E-state index in [-0.39, 0.29) is 17.0 Å². The molecule has 1 saturated carbocycles. The van der Waals surface area contributed by atoms with Crippen LogP contribution in [0.3, 0.4) is 0 Å². The van der Waals surface area contributed by atoms with E-state index in [9.17, 15) is 4.79 Å². The summed E-state index contributed by atoms with van der Waals surface area (Å²) in [4.78, 5) is 14.1. The van der Waals surface area contributed by atoms with Gasteiger partial charge in [0.1, 0.15) is 0 Å². The molecule has 2 saturated heterocycles. The van der Waals surface area contributed by atoms with Gasteiger partial charge in [0.05, 0.1) is 0 Å². The number of fused-ring (bicyclic) bond motifs is 1. The van der Waals surface area contributed by atoms with E-state index in [1.807, 2.05) is 4.90 Å². The molecule has 0 aromatic heterocycles. The monoisotopic (exact) mass is 267 g/mol. The first-order valence-electron chi connectivity index (χ1n) is 7.40. The zero-order chi connectivity index (χ0) is 13.5. The molecule has 2 amide bonds. The minimum absolute atomic E-state index is 0.0620. The van der Waals surface area contributed by atoms with Crippen LogP contribution in [-0.4, -0.2) is 49.3 Å². The molecule has 0 radical (unpaired) electrons. The Hall–Kier alpha value is -0.810. The highest BCUT2D eigenvalue weighted by atomic mass is 16.5. The first kappa shape index (κ1) is 13.2. The van der Waals surface area contributed by atoms with Crippen molar-refractivity contribution >= 4 is 6.03 Å². The fourth-order valence-corrected chi connectivity index (χ4v) is 3.48. The first-order valence-corrected chi connectivity index (χ1v) is 7.40. The summed E-state index contributed by atoms with van der Waals surface area (Å²) in [5.74, 6) is 0.525. The number of rotatable bonds is 2. The third-order valence-electron chi connectivity index (χ3n) is 5.35. The van der Waals surface area contributed by atoms with E-state index >= 15 is 0 Å². The molecular weight excluding hydrogens is 242 g/mol. The minimum atomic E-state index is -0.0834. The van der Waals surface area contributed by atoms with Crippen LogP contribution in [0.5, 0.6) is 0 Å². The number of nitrogens with one attached hydrogen (secondary N) is 1. The van der Waals surface area contributed by atoms with Gasteiger partial charge in [-0.2, -0.15) is 0 Å². The molecule has 3 fully saturated rings. The van der Waals surface area contributed by atoms with Gasteiger partial charge in [-0.1, -0.05) is 6.92 Å². The molecule has 0 aromatic rings. The quantitative estimate of drug-likeness (QED) is 0.782. The Bertz CT molecular complexity index is 368. The lowest BCUT2D eigenvalue weighted by Gasteiger charge is -2.39. The van der Waals surface area contributed by atoms with Crippen molar-refractivity contribution in [2.45, 2.75) is 38.1 Å². The van der Waals surface area contributed by atoms with Crippen LogP contribution in [0.4, 0.5) is 4.79 Å². The van der Waals surface area contributed by atoms with Crippen molar-refractivity contribution in [1.82, 2.24) is 10.2 Å². The largest absolute Gasteiger partial charge is 0.381 e. The number of urea groups is 1. The van der Waals surface area contributed by atoms with E-state index in [1.165, 1.54) is 6.42 Å². The molecule has 3 aliphatic rings. The number of carbonyl (C=O) groups is 1. The third-order valence-corrected chi connectivity index (χ3v) is 5.35. The Balaban J connectivity index is 1.49. The van der Waals surface area contributed by atoms with Crippen LogP contribution < -0.4 is 11.1 Å². The Morgan fingerprint density at radius 2 is 2.16 bits per heavy atom. The van der Waals surface area contributed by atoms with E-state index in [1.54, 1.807) is 0 Å². The van der Waals surface area contributed by atoms with Crippen LogP contribution in [0, 0.1) is 11.3 Å². The lowest BCUT2D eigenvalue weighted by molar-refractivity contribution is 0.0247. The fraction of sp³-hybridized carbons (Fsp3) is 0.929. The second kappa shape index (κ2) is 4.63. The van der Waals surface area contributed by atoms with Crippen LogP contribution >= 0.6 is 0 Å². The average Bonchev–Trinajstić information content (AvgIpc) is 2.61. The predicted octanol–water partition coefficient (Wildman–Crippen LogP) is 0.936. The van der Waals surface area contributed by atoms with E-state index in [4.69, 9.17) is 10.5 Å². The highest BCUT2D eigenvalue weighted by molar-refractivity contribution is 5.75. The molecule has 0 aromatic carbocycles. The molecule has 3 rings (SSSR count). The molecule has 5 nitrogen and oxygen atoms in total. The molecule has 0 bridgehead atoms. The lowest BCUT2D eigenvalue weighted by Crippen LogP contribution is -2.55. The molecule has 5 heteroatoms. The second-order valence-electron chi connectivity index (χ2n) is 6.93. The maximum atomic E-state index is 12.2. The Morgan fingerprint density at radius 3 is 2.68 bits per heavy atom. The topological polar surface area (TPSA) is 67.6 Å². The second-order valence-corrected chi connectivity index (χ2v) is 6.93. The predicted molar refractivity (Wildman–Crippen MR) is 72.8 cm³/mol. The van der Waals surface area contributed by atoms with Crippen molar-refractivity contribution in [2.75, 3.05) is 32.8 Å². The summed E-state index contributed by atoms with van der Waals surface area (Å²) in [6.45, 7) is 6.15. The number of carbonyl (C=O) groups excluding carboxylic acids is 1. The van der Waals surface area contributed by atoms with Gasteiger partial charge in [0.15, 0.2) is 0 Å². The van der Waals surface area contributed by atoms with Crippen LogP contribution in [0.1, 0.15) is 32.6 Å². The van der Waals surface area contributed by atoms with Gasteiger partial charge < -0.3 is 20.7 Å². The summed E-state index contributed by atoms with van der Waals surface area (Å²) in [6.07, 6.45) is 4.29. The highest BCUT2D eigenvalue weighted by Crippen LogP contribution is 2.42. The lowest BCUT2D eigenvalue weighted by atomic mass is 9.70. The summed E-state index contributed by atoms with van der Waals surface area (Å²) in [5.41, 5.74) is 6.37. The van der Waals surface area contributed by atoms with E-state index in [0.717, 1.165) is 52.1 Å². The van der Waals surface area contributed by atoms with Crippen molar-refractivity contribution in [3.05, 3.63) is 0 Å². The van der Waals surface area contributed by atoms with Crippen LogP contribution in [0.2, 0.25) is 0 Å². The van der Waals surface area contributed by atoms with E-state index in [2.05, 4.69) is 12.2 Å². The average molecular weight is 267 g/mol. The minimum Gasteiger partial charge on any atom is -0.381 e. The number of hydrogen-bond donors (Lipinski definition) is 2. The highest BCUT2D eigenvalue weighted by Gasteiger charge is 2.51. The van der Waals surface area contributed by atoms with Crippen LogP contribution in [-0.2, 0) is 4.74 Å². The number of nitrogens with zero attached hydrogens (tertiary/aromatic N) is 1. The molecule has 2 heterocycles. The molecule has 108 valence electrons. The third kappa shape index (κ3) is 2.46. The summed E-state index contributed by atoms with van der Waals surface area (Å²) in [7, 11) is 0. The van der Waals surface area contributed by atoms with Gasteiger partial charge in [-0.15, -0.1) is 0 Å². The van der Waals surface area contributed by atoms with Gasteiger partial charge in [-0.05, 0) is 37.0 Å². The molecule has 0 unspecified atom stereocenters. The summed E-state index contributed by atoms with van der Waals surface area (Å²) in [5, 5.41) is 3.10. The van der Waals surface area contributed by atoms with Gasteiger partial charge >= 0.3 is 6.03 Å². The first-order chi connectivity index (χ1) is 9.01. The fourth-order valence-electron chi connectivity index (χ4n) is 3.48. The van der Waals surface area contributed by atoms with Gasteiger partial charge in [-0.3, -0.25) is 0 Å². The van der Waals surface area contributed by atoms with Crippen molar-refractivity contribution in [3.8, 4) is 0 Å². The summed E-state index contributed by atoms with van der Waals surface area (Å²) in [6, 6.07) is 0.0620. The van der Waals surface area contributed by atoms with Crippen LogP contribution in [0.25, 0.3) is 0 Å². The number of likely N-dealkylation sites (tertiary alicyclic amines) is 1. The van der Waals surface area contributed by atoms with Gasteiger partial charge in [0.25, 0.3) is 0 Å². The summed E-state index contributed by atoms with van der Waals surface area (Å²) >= 11 is 0. The molecule has 0 spiro atoms. The smallest absolute Gasteiger partial charge is 0.317 e. The van der Waals surface area contributed by atoms with Crippen molar-refractivity contribution in [2.24, 2.45) is 17.1 Å². The number of amides is 2. The normalized spacial score (nSPS) is 36.5. The van der Waals surface area contributed by atoms with Crippen molar-refractivity contribution in [3.63, 3.8) is 0 Å². The zero-order valence-corrected chi connectivity index (χ0v) is 11.8. The number of ether oxygens (including phenoxy) is 1. The molecule has 3 N–H and O–H groups in total. The SMILES string of the molecule is CC1(CNC(=O)N2C[C@@H]3CC[C@]3(N)C2)CCOCC1. The van der Waals surface area contributed by atoms with Gasteiger partial charge in [0.2, 0.25) is 0 Å². The molecule has 1 aliphatic carbocycles. The van der Waals surface area contributed by atoms with Crippen molar-refractivity contribution < 1.29 is 9.53 Å². The van der Waals surface area contributed by atoms with E-state index < -0.39 is 0 Å².